The van der Waals surface area contributed by atoms with Crippen LogP contribution >= 0.6 is 0 Å². The highest BCUT2D eigenvalue weighted by Gasteiger charge is 2.30. The van der Waals surface area contributed by atoms with Gasteiger partial charge in [-0.3, -0.25) is 0 Å². The molecule has 130 valence electrons. The topological polar surface area (TPSA) is 52.8 Å². The van der Waals surface area contributed by atoms with Crippen molar-refractivity contribution in [1.82, 2.24) is 20.2 Å². The van der Waals surface area contributed by atoms with Crippen LogP contribution < -0.4 is 4.74 Å². The van der Waals surface area contributed by atoms with E-state index in [0.717, 1.165) is 23.3 Å². The Morgan fingerprint density at radius 1 is 1.12 bits per heavy atom. The summed E-state index contributed by atoms with van der Waals surface area (Å²) in [6, 6.07) is 10.6. The summed E-state index contributed by atoms with van der Waals surface area (Å²) in [5, 5.41) is 12.0. The van der Waals surface area contributed by atoms with E-state index in [2.05, 4.69) is 15.4 Å². The van der Waals surface area contributed by atoms with E-state index in [4.69, 9.17) is 4.74 Å². The van der Waals surface area contributed by atoms with Crippen LogP contribution in [0, 0.1) is 6.92 Å². The Hall–Kier alpha value is -2.90. The van der Waals surface area contributed by atoms with E-state index in [1.807, 2.05) is 25.1 Å². The quantitative estimate of drug-likeness (QED) is 0.721. The van der Waals surface area contributed by atoms with Crippen molar-refractivity contribution < 1.29 is 17.9 Å². The lowest BCUT2D eigenvalue weighted by Crippen LogP contribution is -2.06. The molecule has 0 saturated heterocycles. The van der Waals surface area contributed by atoms with Gasteiger partial charge < -0.3 is 4.74 Å². The average Bonchev–Trinajstić information content (AvgIpc) is 3.03. The highest BCUT2D eigenvalue weighted by molar-refractivity contribution is 5.55. The molecular formula is C17H15F3N4O. The zero-order valence-corrected chi connectivity index (χ0v) is 13.6. The molecule has 0 radical (unpaired) electrons. The number of methoxy groups -OCH3 is 1. The minimum absolute atomic E-state index is 0.137. The molecule has 3 aromatic rings. The molecule has 0 fully saturated rings. The molecule has 0 atom stereocenters. The second kappa shape index (κ2) is 6.54. The van der Waals surface area contributed by atoms with Crippen molar-refractivity contribution in [2.24, 2.45) is 0 Å². The third-order valence-corrected chi connectivity index (χ3v) is 3.65. The number of hydrogen-bond acceptors (Lipinski definition) is 4. The summed E-state index contributed by atoms with van der Waals surface area (Å²) >= 11 is 0. The Morgan fingerprint density at radius 3 is 2.64 bits per heavy atom. The smallest absolute Gasteiger partial charge is 0.416 e. The van der Waals surface area contributed by atoms with Crippen molar-refractivity contribution in [3.05, 3.63) is 59.2 Å². The number of tetrazole rings is 1. The molecule has 0 bridgehead atoms. The van der Waals surface area contributed by atoms with Gasteiger partial charge in [-0.25, -0.2) is 0 Å². The summed E-state index contributed by atoms with van der Waals surface area (Å²) in [5.41, 5.74) is 1.42. The molecule has 1 aromatic heterocycles. The molecule has 0 spiro atoms. The van der Waals surface area contributed by atoms with Gasteiger partial charge >= 0.3 is 6.18 Å². The first kappa shape index (κ1) is 16.9. The van der Waals surface area contributed by atoms with E-state index in [1.54, 1.807) is 7.11 Å². The number of benzene rings is 2. The van der Waals surface area contributed by atoms with Crippen molar-refractivity contribution in [3.8, 4) is 17.1 Å². The van der Waals surface area contributed by atoms with Crippen molar-refractivity contribution in [3.63, 3.8) is 0 Å². The number of aromatic nitrogens is 4. The van der Waals surface area contributed by atoms with Crippen LogP contribution in [0.25, 0.3) is 11.4 Å². The Morgan fingerprint density at radius 2 is 1.92 bits per heavy atom. The van der Waals surface area contributed by atoms with E-state index in [0.29, 0.717) is 12.3 Å². The molecule has 0 aliphatic carbocycles. The highest BCUT2D eigenvalue weighted by atomic mass is 19.4. The van der Waals surface area contributed by atoms with Gasteiger partial charge in [-0.1, -0.05) is 29.8 Å². The SMILES string of the molecule is COc1ccc(C)cc1Cn1nnc(-c2cccc(C(F)(F)F)c2)n1. The van der Waals surface area contributed by atoms with E-state index >= 15 is 0 Å². The molecule has 0 N–H and O–H groups in total. The van der Waals surface area contributed by atoms with Gasteiger partial charge in [-0.2, -0.15) is 18.0 Å². The lowest BCUT2D eigenvalue weighted by atomic mass is 10.1. The Labute approximate surface area is 142 Å². The van der Waals surface area contributed by atoms with Gasteiger partial charge in [0.05, 0.1) is 19.2 Å². The third kappa shape index (κ3) is 3.78. The number of nitrogens with zero attached hydrogens (tertiary/aromatic N) is 4. The first-order valence-corrected chi connectivity index (χ1v) is 7.46. The molecule has 0 aliphatic rings. The fourth-order valence-corrected chi connectivity index (χ4v) is 2.44. The van der Waals surface area contributed by atoms with Gasteiger partial charge in [-0.05, 0) is 30.3 Å². The normalized spacial score (nSPS) is 11.6. The largest absolute Gasteiger partial charge is 0.496 e. The van der Waals surface area contributed by atoms with Crippen molar-refractivity contribution in [1.29, 1.82) is 0 Å². The second-order valence-electron chi connectivity index (χ2n) is 5.54. The van der Waals surface area contributed by atoms with Crippen LogP contribution in [0.3, 0.4) is 0 Å². The van der Waals surface area contributed by atoms with Gasteiger partial charge in [0.15, 0.2) is 0 Å². The number of aryl methyl sites for hydroxylation is 1. The lowest BCUT2D eigenvalue weighted by Gasteiger charge is -2.08. The molecule has 5 nitrogen and oxygen atoms in total. The third-order valence-electron chi connectivity index (χ3n) is 3.65. The summed E-state index contributed by atoms with van der Waals surface area (Å²) in [7, 11) is 1.57. The van der Waals surface area contributed by atoms with Crippen molar-refractivity contribution >= 4 is 0 Å². The maximum absolute atomic E-state index is 12.8. The van der Waals surface area contributed by atoms with Crippen LogP contribution in [0.5, 0.6) is 5.75 Å². The molecule has 0 aliphatic heterocycles. The monoisotopic (exact) mass is 348 g/mol. The minimum Gasteiger partial charge on any atom is -0.496 e. The number of halogens is 3. The Kier molecular flexibility index (Phi) is 4.43. The summed E-state index contributed by atoms with van der Waals surface area (Å²) in [4.78, 5) is 1.33. The zero-order chi connectivity index (χ0) is 18.0. The predicted octanol–water partition coefficient (Wildman–Crippen LogP) is 3.72. The number of rotatable bonds is 4. The Bertz CT molecular complexity index is 890. The van der Waals surface area contributed by atoms with E-state index < -0.39 is 11.7 Å². The number of alkyl halides is 3. The lowest BCUT2D eigenvalue weighted by molar-refractivity contribution is -0.137. The van der Waals surface area contributed by atoms with Crippen LogP contribution in [0.2, 0.25) is 0 Å². The van der Waals surface area contributed by atoms with Gasteiger partial charge in [0.25, 0.3) is 0 Å². The van der Waals surface area contributed by atoms with E-state index in [9.17, 15) is 13.2 Å². The summed E-state index contributed by atoms with van der Waals surface area (Å²) < 4.78 is 43.8. The summed E-state index contributed by atoms with van der Waals surface area (Å²) in [6.07, 6.45) is -4.42. The Balaban J connectivity index is 1.88. The molecule has 3 rings (SSSR count). The van der Waals surface area contributed by atoms with Crippen LogP contribution in [-0.2, 0) is 12.7 Å². The first-order valence-electron chi connectivity index (χ1n) is 7.46. The predicted molar refractivity (Wildman–Crippen MR) is 85.1 cm³/mol. The molecular weight excluding hydrogens is 333 g/mol. The van der Waals surface area contributed by atoms with Crippen molar-refractivity contribution in [2.45, 2.75) is 19.6 Å². The van der Waals surface area contributed by atoms with Crippen LogP contribution in [0.1, 0.15) is 16.7 Å². The minimum atomic E-state index is -4.42. The molecule has 25 heavy (non-hydrogen) atoms. The maximum Gasteiger partial charge on any atom is 0.416 e. The summed E-state index contributed by atoms with van der Waals surface area (Å²) in [5.74, 6) is 0.821. The molecule has 2 aromatic carbocycles. The van der Waals surface area contributed by atoms with E-state index in [-0.39, 0.29) is 11.4 Å². The number of ether oxygens (including phenoxy) is 1. The van der Waals surface area contributed by atoms with Crippen LogP contribution in [-0.4, -0.2) is 27.3 Å². The van der Waals surface area contributed by atoms with E-state index in [1.165, 1.54) is 16.9 Å². The fourth-order valence-electron chi connectivity index (χ4n) is 2.44. The standard InChI is InChI=1S/C17H15F3N4O/c1-11-6-7-15(25-2)13(8-11)10-24-22-16(21-23-24)12-4-3-5-14(9-12)17(18,19)20/h3-9H,10H2,1-2H3. The van der Waals surface area contributed by atoms with Crippen LogP contribution in [0.4, 0.5) is 13.2 Å². The number of hydrogen-bond donors (Lipinski definition) is 0. The maximum atomic E-state index is 12.8. The van der Waals surface area contributed by atoms with Gasteiger partial charge in [0.2, 0.25) is 5.82 Å². The fraction of sp³-hybridized carbons (Fsp3) is 0.235. The molecule has 0 unspecified atom stereocenters. The molecule has 0 saturated carbocycles. The van der Waals surface area contributed by atoms with Gasteiger partial charge in [-0.15, -0.1) is 10.2 Å². The van der Waals surface area contributed by atoms with Gasteiger partial charge in [0.1, 0.15) is 5.75 Å². The molecule has 1 heterocycles. The molecule has 0 amide bonds. The van der Waals surface area contributed by atoms with Crippen molar-refractivity contribution in [2.75, 3.05) is 7.11 Å². The first-order chi connectivity index (χ1) is 11.9. The highest BCUT2D eigenvalue weighted by Crippen LogP contribution is 2.31. The summed E-state index contributed by atoms with van der Waals surface area (Å²) in [6.45, 7) is 2.25. The van der Waals surface area contributed by atoms with Crippen LogP contribution in [0.15, 0.2) is 42.5 Å². The zero-order valence-electron chi connectivity index (χ0n) is 13.6. The second-order valence-corrected chi connectivity index (χ2v) is 5.54. The molecule has 8 heteroatoms. The average molecular weight is 348 g/mol. The van der Waals surface area contributed by atoms with Gasteiger partial charge in [0, 0.05) is 11.1 Å².